The van der Waals surface area contributed by atoms with Crippen molar-refractivity contribution in [3.8, 4) is 0 Å². The predicted octanol–water partition coefficient (Wildman–Crippen LogP) is 1.91. The minimum Gasteiger partial charge on any atom is -0.361 e. The minimum atomic E-state index is -3.50. The Morgan fingerprint density at radius 2 is 2.14 bits per heavy atom. The van der Waals surface area contributed by atoms with Crippen LogP contribution in [0.4, 0.5) is 0 Å². The number of aryl methyl sites for hydroxylation is 1. The monoisotopic (exact) mass is 318 g/mol. The van der Waals surface area contributed by atoms with Gasteiger partial charge in [0.25, 0.3) is 0 Å². The van der Waals surface area contributed by atoms with Gasteiger partial charge in [-0.25, -0.2) is 13.1 Å². The minimum absolute atomic E-state index is 0.202. The molecule has 0 aliphatic heterocycles. The number of hydrogen-bond donors (Lipinski definition) is 2. The van der Waals surface area contributed by atoms with Crippen LogP contribution in [0.15, 0.2) is 47.8 Å². The molecular formula is C15H18N4O2S. The summed E-state index contributed by atoms with van der Waals surface area (Å²) in [6, 6.07) is 7.97. The number of aromatic amines is 1. The van der Waals surface area contributed by atoms with Gasteiger partial charge in [-0.05, 0) is 25.0 Å². The molecule has 0 atom stereocenters. The van der Waals surface area contributed by atoms with E-state index in [9.17, 15) is 8.42 Å². The first kappa shape index (κ1) is 14.8. The van der Waals surface area contributed by atoms with E-state index in [-0.39, 0.29) is 4.90 Å². The molecule has 22 heavy (non-hydrogen) atoms. The van der Waals surface area contributed by atoms with Gasteiger partial charge >= 0.3 is 0 Å². The largest absolute Gasteiger partial charge is 0.361 e. The Kier molecular flexibility index (Phi) is 4.00. The fourth-order valence-corrected chi connectivity index (χ4v) is 3.38. The second-order valence-corrected chi connectivity index (χ2v) is 6.81. The van der Waals surface area contributed by atoms with E-state index in [0.29, 0.717) is 19.5 Å². The molecule has 0 spiro atoms. The topological polar surface area (TPSA) is 79.8 Å². The molecule has 3 rings (SSSR count). The number of benzene rings is 1. The Hall–Kier alpha value is -2.12. The molecule has 6 nitrogen and oxygen atoms in total. The SMILES string of the molecule is CCn1cc(S(=O)(=O)NCCc2c[nH]c3ccccc23)cn1. The van der Waals surface area contributed by atoms with E-state index in [4.69, 9.17) is 0 Å². The molecule has 2 N–H and O–H groups in total. The molecule has 0 aliphatic rings. The molecule has 116 valence electrons. The zero-order chi connectivity index (χ0) is 15.6. The van der Waals surface area contributed by atoms with Gasteiger partial charge in [0.2, 0.25) is 10.0 Å². The van der Waals surface area contributed by atoms with Crippen molar-refractivity contribution >= 4 is 20.9 Å². The van der Waals surface area contributed by atoms with Crippen LogP contribution in [0.2, 0.25) is 0 Å². The fourth-order valence-electron chi connectivity index (χ4n) is 2.40. The lowest BCUT2D eigenvalue weighted by Gasteiger charge is -2.04. The van der Waals surface area contributed by atoms with Crippen LogP contribution in [0.1, 0.15) is 12.5 Å². The molecule has 2 aromatic heterocycles. The Morgan fingerprint density at radius 3 is 2.91 bits per heavy atom. The molecule has 0 aliphatic carbocycles. The van der Waals surface area contributed by atoms with Gasteiger partial charge in [-0.2, -0.15) is 5.10 Å². The smallest absolute Gasteiger partial charge is 0.243 e. The zero-order valence-electron chi connectivity index (χ0n) is 12.3. The zero-order valence-corrected chi connectivity index (χ0v) is 13.1. The second kappa shape index (κ2) is 5.94. The lowest BCUT2D eigenvalue weighted by molar-refractivity contribution is 0.581. The van der Waals surface area contributed by atoms with Gasteiger partial charge in [-0.15, -0.1) is 0 Å². The lowest BCUT2D eigenvalue weighted by atomic mass is 10.1. The number of sulfonamides is 1. The highest BCUT2D eigenvalue weighted by Crippen LogP contribution is 2.18. The summed E-state index contributed by atoms with van der Waals surface area (Å²) in [5.74, 6) is 0. The van der Waals surface area contributed by atoms with Crippen molar-refractivity contribution in [3.05, 3.63) is 48.4 Å². The first-order chi connectivity index (χ1) is 10.6. The number of aromatic nitrogens is 3. The van der Waals surface area contributed by atoms with Crippen LogP contribution in [0, 0.1) is 0 Å². The van der Waals surface area contributed by atoms with Crippen LogP contribution in [0.25, 0.3) is 10.9 Å². The second-order valence-electron chi connectivity index (χ2n) is 5.04. The molecule has 0 fully saturated rings. The third kappa shape index (κ3) is 2.90. The quantitative estimate of drug-likeness (QED) is 0.728. The molecule has 0 bridgehead atoms. The van der Waals surface area contributed by atoms with Crippen molar-refractivity contribution < 1.29 is 8.42 Å². The van der Waals surface area contributed by atoms with Crippen LogP contribution in [-0.2, 0) is 23.0 Å². The molecule has 2 heterocycles. The van der Waals surface area contributed by atoms with Crippen molar-refractivity contribution in [1.29, 1.82) is 0 Å². The standard InChI is InChI=1S/C15H18N4O2S/c1-2-19-11-13(10-17-19)22(20,21)18-8-7-12-9-16-15-6-4-3-5-14(12)15/h3-6,9-11,16,18H,2,7-8H2,1H3. The van der Waals surface area contributed by atoms with Crippen LogP contribution >= 0.6 is 0 Å². The van der Waals surface area contributed by atoms with Crippen LogP contribution in [0.5, 0.6) is 0 Å². The summed E-state index contributed by atoms with van der Waals surface area (Å²) in [6.07, 6.45) is 5.46. The van der Waals surface area contributed by atoms with Crippen LogP contribution in [0.3, 0.4) is 0 Å². The molecular weight excluding hydrogens is 300 g/mol. The van der Waals surface area contributed by atoms with E-state index in [1.807, 2.05) is 37.4 Å². The first-order valence-electron chi connectivity index (χ1n) is 7.17. The number of para-hydroxylation sites is 1. The van der Waals surface area contributed by atoms with Gasteiger partial charge in [0.05, 0.1) is 6.20 Å². The van der Waals surface area contributed by atoms with Gasteiger partial charge < -0.3 is 4.98 Å². The van der Waals surface area contributed by atoms with Gasteiger partial charge in [0.1, 0.15) is 4.90 Å². The maximum atomic E-state index is 12.2. The third-order valence-corrected chi connectivity index (χ3v) is 5.02. The lowest BCUT2D eigenvalue weighted by Crippen LogP contribution is -2.25. The van der Waals surface area contributed by atoms with Gasteiger partial charge in [0, 0.05) is 36.4 Å². The number of fused-ring (bicyclic) bond motifs is 1. The van der Waals surface area contributed by atoms with E-state index in [1.165, 1.54) is 12.4 Å². The molecule has 0 radical (unpaired) electrons. The normalized spacial score (nSPS) is 12.0. The maximum Gasteiger partial charge on any atom is 0.243 e. The number of hydrogen-bond acceptors (Lipinski definition) is 3. The Labute approximate surface area is 129 Å². The van der Waals surface area contributed by atoms with E-state index in [1.54, 1.807) is 4.68 Å². The first-order valence-corrected chi connectivity index (χ1v) is 8.65. The molecule has 1 aromatic carbocycles. The number of nitrogens with one attached hydrogen (secondary N) is 2. The van der Waals surface area contributed by atoms with Crippen molar-refractivity contribution in [1.82, 2.24) is 19.5 Å². The maximum absolute atomic E-state index is 12.2. The van der Waals surface area contributed by atoms with Crippen LogP contribution < -0.4 is 4.72 Å². The summed E-state index contributed by atoms with van der Waals surface area (Å²) < 4.78 is 28.6. The van der Waals surface area contributed by atoms with Gasteiger partial charge in [-0.3, -0.25) is 4.68 Å². The number of rotatable bonds is 6. The summed E-state index contributed by atoms with van der Waals surface area (Å²) in [7, 11) is -3.50. The summed E-state index contributed by atoms with van der Waals surface area (Å²) in [5.41, 5.74) is 2.16. The number of H-pyrrole nitrogens is 1. The Morgan fingerprint density at radius 1 is 1.32 bits per heavy atom. The fraction of sp³-hybridized carbons (Fsp3) is 0.267. The summed E-state index contributed by atoms with van der Waals surface area (Å²) in [4.78, 5) is 3.39. The summed E-state index contributed by atoms with van der Waals surface area (Å²) in [5, 5.41) is 5.12. The Bertz CT molecular complexity index is 880. The van der Waals surface area contributed by atoms with Crippen molar-refractivity contribution in [2.45, 2.75) is 24.8 Å². The van der Waals surface area contributed by atoms with Gasteiger partial charge in [0.15, 0.2) is 0 Å². The predicted molar refractivity (Wildman–Crippen MR) is 85.1 cm³/mol. The average Bonchev–Trinajstić information content (AvgIpc) is 3.14. The van der Waals surface area contributed by atoms with Crippen molar-refractivity contribution in [2.24, 2.45) is 0 Å². The Balaban J connectivity index is 1.67. The highest BCUT2D eigenvalue weighted by molar-refractivity contribution is 7.89. The number of nitrogens with zero attached hydrogens (tertiary/aromatic N) is 2. The molecule has 0 saturated carbocycles. The molecule has 0 unspecified atom stereocenters. The van der Waals surface area contributed by atoms with E-state index < -0.39 is 10.0 Å². The molecule has 0 saturated heterocycles. The highest BCUT2D eigenvalue weighted by atomic mass is 32.2. The summed E-state index contributed by atoms with van der Waals surface area (Å²) in [6.45, 7) is 2.90. The van der Waals surface area contributed by atoms with E-state index in [2.05, 4.69) is 14.8 Å². The molecule has 0 amide bonds. The average molecular weight is 318 g/mol. The summed E-state index contributed by atoms with van der Waals surface area (Å²) >= 11 is 0. The third-order valence-electron chi connectivity index (χ3n) is 3.61. The van der Waals surface area contributed by atoms with E-state index >= 15 is 0 Å². The van der Waals surface area contributed by atoms with Crippen LogP contribution in [-0.4, -0.2) is 29.7 Å². The molecule has 7 heteroatoms. The molecule has 3 aromatic rings. The van der Waals surface area contributed by atoms with Crippen molar-refractivity contribution in [3.63, 3.8) is 0 Å². The highest BCUT2D eigenvalue weighted by Gasteiger charge is 2.16. The van der Waals surface area contributed by atoms with Crippen molar-refractivity contribution in [2.75, 3.05) is 6.54 Å². The van der Waals surface area contributed by atoms with E-state index in [0.717, 1.165) is 16.5 Å². The van der Waals surface area contributed by atoms with Gasteiger partial charge in [-0.1, -0.05) is 18.2 Å².